The van der Waals surface area contributed by atoms with Crippen molar-refractivity contribution >= 4 is 43.7 Å². The van der Waals surface area contributed by atoms with Crippen molar-refractivity contribution in [2.75, 3.05) is 0 Å². The Bertz CT molecular complexity index is 3260. The van der Waals surface area contributed by atoms with Crippen molar-refractivity contribution in [3.63, 3.8) is 0 Å². The molecule has 4 aromatic heterocycles. The fourth-order valence-electron chi connectivity index (χ4n) is 7.88. The zero-order chi connectivity index (χ0) is 37.0. The molecule has 0 saturated heterocycles. The third-order valence-electron chi connectivity index (χ3n) is 10.5. The minimum Gasteiger partial charge on any atom is -0.455 e. The first-order chi connectivity index (χ1) is 27.7. The first-order valence-electron chi connectivity index (χ1n) is 18.6. The van der Waals surface area contributed by atoms with Crippen molar-refractivity contribution in [1.29, 1.82) is 0 Å². The second-order valence-corrected chi connectivity index (χ2v) is 13.9. The van der Waals surface area contributed by atoms with Gasteiger partial charge in [0.1, 0.15) is 11.2 Å². The Hall–Kier alpha value is -7.70. The Morgan fingerprint density at radius 1 is 0.375 bits per heavy atom. The molecule has 6 heteroatoms. The van der Waals surface area contributed by atoms with Crippen LogP contribution in [0.25, 0.3) is 106 Å². The summed E-state index contributed by atoms with van der Waals surface area (Å²) in [7, 11) is 0. The molecule has 0 fully saturated rings. The third kappa shape index (κ3) is 5.35. The van der Waals surface area contributed by atoms with Gasteiger partial charge in [0.15, 0.2) is 17.5 Å². The molecule has 7 aromatic carbocycles. The summed E-state index contributed by atoms with van der Waals surface area (Å²) in [6.45, 7) is 0. The molecule has 0 atom stereocenters. The average molecular weight is 718 g/mol. The number of rotatable bonds is 6. The van der Waals surface area contributed by atoms with E-state index in [0.717, 1.165) is 88.4 Å². The summed E-state index contributed by atoms with van der Waals surface area (Å²) in [5, 5.41) is 4.53. The Morgan fingerprint density at radius 2 is 1.00 bits per heavy atom. The number of pyridine rings is 1. The lowest BCUT2D eigenvalue weighted by molar-refractivity contribution is 0.670. The predicted molar refractivity (Wildman–Crippen MR) is 226 cm³/mol. The van der Waals surface area contributed by atoms with Crippen molar-refractivity contribution in [3.05, 3.63) is 188 Å². The van der Waals surface area contributed by atoms with E-state index in [0.29, 0.717) is 17.5 Å². The minimum absolute atomic E-state index is 0.548. The van der Waals surface area contributed by atoms with Crippen LogP contribution in [0.3, 0.4) is 0 Å². The zero-order valence-electron chi connectivity index (χ0n) is 30.0. The summed E-state index contributed by atoms with van der Waals surface area (Å²) in [5.74, 6) is 1.74. The van der Waals surface area contributed by atoms with Gasteiger partial charge in [0.2, 0.25) is 0 Å². The number of hydrogen-bond donors (Lipinski definition) is 0. The highest BCUT2D eigenvalue weighted by Crippen LogP contribution is 2.39. The van der Waals surface area contributed by atoms with Crippen LogP contribution in [0, 0.1) is 0 Å². The van der Waals surface area contributed by atoms with Crippen molar-refractivity contribution < 1.29 is 4.42 Å². The van der Waals surface area contributed by atoms with Crippen LogP contribution >= 0.6 is 0 Å². The van der Waals surface area contributed by atoms with E-state index in [2.05, 4.69) is 132 Å². The molecule has 6 nitrogen and oxygen atoms in total. The molecule has 0 N–H and O–H groups in total. The molecule has 0 aliphatic carbocycles. The van der Waals surface area contributed by atoms with E-state index in [1.807, 2.05) is 60.9 Å². The van der Waals surface area contributed by atoms with E-state index in [-0.39, 0.29) is 0 Å². The van der Waals surface area contributed by atoms with Gasteiger partial charge in [0, 0.05) is 50.0 Å². The second kappa shape index (κ2) is 13.0. The summed E-state index contributed by atoms with van der Waals surface area (Å²) in [6.07, 6.45) is 3.74. The van der Waals surface area contributed by atoms with Gasteiger partial charge >= 0.3 is 0 Å². The molecular formula is C50H31N5O. The van der Waals surface area contributed by atoms with E-state index in [4.69, 9.17) is 24.4 Å². The maximum absolute atomic E-state index is 6.46. The maximum Gasteiger partial charge on any atom is 0.165 e. The quantitative estimate of drug-likeness (QED) is 0.171. The number of fused-ring (bicyclic) bond motifs is 6. The summed E-state index contributed by atoms with van der Waals surface area (Å²) >= 11 is 0. The van der Waals surface area contributed by atoms with Crippen LogP contribution in [0.2, 0.25) is 0 Å². The normalized spacial score (nSPS) is 11.6. The summed E-state index contributed by atoms with van der Waals surface area (Å²) in [4.78, 5) is 20.0. The summed E-state index contributed by atoms with van der Waals surface area (Å²) in [5.41, 5.74) is 11.8. The van der Waals surface area contributed by atoms with Crippen LogP contribution < -0.4 is 0 Å². The third-order valence-corrected chi connectivity index (χ3v) is 10.5. The SMILES string of the molecule is c1ccc(-c2cccc(-c3nc(-c4ccccc4)nc(-c4cncc(-n5c6ccccc6c6ccc(-c7cccc8c7oc7ccccc78)cc65)c4)n3)c2)cc1. The van der Waals surface area contributed by atoms with E-state index < -0.39 is 0 Å². The smallest absolute Gasteiger partial charge is 0.165 e. The van der Waals surface area contributed by atoms with Gasteiger partial charge in [-0.3, -0.25) is 4.98 Å². The lowest BCUT2D eigenvalue weighted by Crippen LogP contribution is -2.02. The maximum atomic E-state index is 6.46. The molecule has 0 radical (unpaired) electrons. The van der Waals surface area contributed by atoms with Crippen LogP contribution in [-0.2, 0) is 0 Å². The highest BCUT2D eigenvalue weighted by Gasteiger charge is 2.18. The van der Waals surface area contributed by atoms with Crippen LogP contribution in [-0.4, -0.2) is 24.5 Å². The molecule has 11 aromatic rings. The van der Waals surface area contributed by atoms with Crippen LogP contribution in [0.1, 0.15) is 0 Å². The van der Waals surface area contributed by atoms with Gasteiger partial charge in [0.05, 0.1) is 22.9 Å². The monoisotopic (exact) mass is 717 g/mol. The van der Waals surface area contributed by atoms with Gasteiger partial charge in [-0.05, 0) is 47.0 Å². The lowest BCUT2D eigenvalue weighted by Gasteiger charge is -2.12. The molecule has 4 heterocycles. The van der Waals surface area contributed by atoms with Gasteiger partial charge < -0.3 is 8.98 Å². The average Bonchev–Trinajstić information content (AvgIpc) is 3.83. The van der Waals surface area contributed by atoms with Gasteiger partial charge in [-0.1, -0.05) is 146 Å². The first kappa shape index (κ1) is 31.8. The van der Waals surface area contributed by atoms with Crippen LogP contribution in [0.4, 0.5) is 0 Å². The van der Waals surface area contributed by atoms with Crippen LogP contribution in [0.5, 0.6) is 0 Å². The molecule has 0 amide bonds. The zero-order valence-corrected chi connectivity index (χ0v) is 30.0. The fraction of sp³-hybridized carbons (Fsp3) is 0. The molecular weight excluding hydrogens is 687 g/mol. The second-order valence-electron chi connectivity index (χ2n) is 13.9. The number of nitrogens with zero attached hydrogens (tertiary/aromatic N) is 5. The van der Waals surface area contributed by atoms with Gasteiger partial charge in [0.25, 0.3) is 0 Å². The number of furan rings is 1. The standard InChI is InChI=1S/C50H31N5O/c1-3-13-32(14-4-1)34-17-11-18-36(27-34)49-52-48(33-15-5-2-6-16-33)53-50(54-49)37-28-38(31-51-30-37)55-44-23-9-7-19-40(44)41-26-25-35(29-45(41)55)39-21-12-22-43-42-20-8-10-24-46(42)56-47(39)43/h1-31H. The van der Waals surface area contributed by atoms with Gasteiger partial charge in [-0.2, -0.15) is 0 Å². The predicted octanol–water partition coefficient (Wildman–Crippen LogP) is 12.6. The number of aromatic nitrogens is 5. The molecule has 0 bridgehead atoms. The molecule has 0 saturated carbocycles. The van der Waals surface area contributed by atoms with E-state index in [1.54, 1.807) is 0 Å². The fourth-order valence-corrected chi connectivity index (χ4v) is 7.88. The Balaban J connectivity index is 1.08. The van der Waals surface area contributed by atoms with Gasteiger partial charge in [-0.25, -0.2) is 15.0 Å². The molecule has 0 unspecified atom stereocenters. The Morgan fingerprint density at radius 3 is 1.84 bits per heavy atom. The van der Waals surface area contributed by atoms with Crippen molar-refractivity contribution in [2.45, 2.75) is 0 Å². The van der Waals surface area contributed by atoms with E-state index in [9.17, 15) is 0 Å². The van der Waals surface area contributed by atoms with Crippen molar-refractivity contribution in [1.82, 2.24) is 24.5 Å². The molecule has 56 heavy (non-hydrogen) atoms. The molecule has 0 aliphatic rings. The number of benzene rings is 7. The number of para-hydroxylation sites is 3. The van der Waals surface area contributed by atoms with E-state index >= 15 is 0 Å². The Kier molecular flexibility index (Phi) is 7.38. The lowest BCUT2D eigenvalue weighted by atomic mass is 10.0. The molecule has 0 spiro atoms. The Labute approximate surface area is 322 Å². The topological polar surface area (TPSA) is 69.6 Å². The molecule has 11 rings (SSSR count). The van der Waals surface area contributed by atoms with Crippen LogP contribution in [0.15, 0.2) is 193 Å². The van der Waals surface area contributed by atoms with Gasteiger partial charge in [-0.15, -0.1) is 0 Å². The number of hydrogen-bond acceptors (Lipinski definition) is 5. The van der Waals surface area contributed by atoms with Crippen molar-refractivity contribution in [2.24, 2.45) is 0 Å². The summed E-state index contributed by atoms with van der Waals surface area (Å²) in [6, 6.07) is 60.7. The molecule has 0 aliphatic heterocycles. The van der Waals surface area contributed by atoms with Crippen molar-refractivity contribution in [3.8, 4) is 62.1 Å². The largest absolute Gasteiger partial charge is 0.455 e. The first-order valence-corrected chi connectivity index (χ1v) is 18.6. The molecule has 262 valence electrons. The van der Waals surface area contributed by atoms with E-state index in [1.165, 1.54) is 0 Å². The highest BCUT2D eigenvalue weighted by atomic mass is 16.3. The summed E-state index contributed by atoms with van der Waals surface area (Å²) < 4.78 is 8.75. The minimum atomic E-state index is 0.548. The highest BCUT2D eigenvalue weighted by molar-refractivity contribution is 6.13.